The number of pyridine rings is 1. The van der Waals surface area contributed by atoms with E-state index >= 15 is 0 Å². The molecule has 190 valence electrons. The van der Waals surface area contributed by atoms with Crippen LogP contribution in [0.1, 0.15) is 52.1 Å². The third-order valence-corrected chi connectivity index (χ3v) is 6.75. The number of carbonyl (C=O) groups is 2. The second kappa shape index (κ2) is 10.9. The Morgan fingerprint density at radius 1 is 1.00 bits per heavy atom. The zero-order valence-electron chi connectivity index (χ0n) is 20.6. The number of hydrogen-bond acceptors (Lipinski definition) is 4. The van der Waals surface area contributed by atoms with Crippen molar-refractivity contribution < 1.29 is 14.7 Å². The van der Waals surface area contributed by atoms with E-state index in [1.54, 1.807) is 36.7 Å². The fourth-order valence-electron chi connectivity index (χ4n) is 4.60. The van der Waals surface area contributed by atoms with E-state index in [2.05, 4.69) is 20.3 Å². The Kier molecular flexibility index (Phi) is 7.20. The molecule has 5 aromatic rings. The third-order valence-electron chi connectivity index (χ3n) is 6.43. The van der Waals surface area contributed by atoms with Gasteiger partial charge in [-0.3, -0.25) is 9.78 Å². The molecule has 7 nitrogen and oxygen atoms in total. The van der Waals surface area contributed by atoms with Crippen molar-refractivity contribution in [2.45, 2.75) is 25.8 Å². The number of aromatic nitrogens is 3. The molecule has 38 heavy (non-hydrogen) atoms. The summed E-state index contributed by atoms with van der Waals surface area (Å²) in [7, 11) is 0. The molecule has 0 saturated carbocycles. The number of carbonyl (C=O) groups excluding carboxylic acids is 1. The Balaban J connectivity index is 1.55. The third kappa shape index (κ3) is 5.01. The number of carboxylic acids is 1. The van der Waals surface area contributed by atoms with Gasteiger partial charge < -0.3 is 15.4 Å². The molecule has 0 aliphatic carbocycles. The number of aromatic amines is 1. The number of amides is 1. The van der Waals surface area contributed by atoms with Crippen molar-refractivity contribution in [3.63, 3.8) is 0 Å². The van der Waals surface area contributed by atoms with Crippen LogP contribution in [0.4, 0.5) is 0 Å². The molecular weight excluding hydrogens is 500 g/mol. The van der Waals surface area contributed by atoms with Crippen LogP contribution in [0, 0.1) is 0 Å². The number of fused-ring (bicyclic) bond motifs is 1. The van der Waals surface area contributed by atoms with Crippen LogP contribution in [-0.2, 0) is 0 Å². The molecule has 0 aliphatic rings. The quantitative estimate of drug-likeness (QED) is 0.204. The van der Waals surface area contributed by atoms with E-state index in [9.17, 15) is 14.7 Å². The monoisotopic (exact) mass is 524 g/mol. The minimum Gasteiger partial charge on any atom is -0.478 e. The van der Waals surface area contributed by atoms with Gasteiger partial charge in [-0.15, -0.1) is 0 Å². The van der Waals surface area contributed by atoms with Gasteiger partial charge in [-0.2, -0.15) is 0 Å². The van der Waals surface area contributed by atoms with Gasteiger partial charge in [0, 0.05) is 34.1 Å². The molecule has 2 aromatic heterocycles. The first-order valence-corrected chi connectivity index (χ1v) is 12.7. The molecule has 1 atom stereocenters. The summed E-state index contributed by atoms with van der Waals surface area (Å²) in [6.45, 7) is 2.04. The number of aromatic carboxylic acids is 1. The van der Waals surface area contributed by atoms with Gasteiger partial charge in [-0.25, -0.2) is 9.78 Å². The average molecular weight is 525 g/mol. The second-order valence-electron chi connectivity index (χ2n) is 8.93. The van der Waals surface area contributed by atoms with E-state index in [1.807, 2.05) is 49.4 Å². The maximum Gasteiger partial charge on any atom is 0.336 e. The zero-order chi connectivity index (χ0) is 26.6. The molecule has 8 heteroatoms. The van der Waals surface area contributed by atoms with Gasteiger partial charge in [0.2, 0.25) is 0 Å². The molecule has 1 amide bonds. The summed E-state index contributed by atoms with van der Waals surface area (Å²) >= 11 is 6.64. The molecule has 3 aromatic carbocycles. The summed E-state index contributed by atoms with van der Waals surface area (Å²) in [6.07, 6.45) is 4.97. The maximum absolute atomic E-state index is 13.2. The summed E-state index contributed by atoms with van der Waals surface area (Å²) < 4.78 is 0. The summed E-state index contributed by atoms with van der Waals surface area (Å²) in [5.74, 6) is -0.947. The Morgan fingerprint density at radius 2 is 1.79 bits per heavy atom. The van der Waals surface area contributed by atoms with E-state index < -0.39 is 5.97 Å². The predicted octanol–water partition coefficient (Wildman–Crippen LogP) is 6.91. The molecule has 0 spiro atoms. The van der Waals surface area contributed by atoms with Crippen molar-refractivity contribution in [2.24, 2.45) is 0 Å². The molecule has 1 unspecified atom stereocenters. The molecule has 0 fully saturated rings. The lowest BCUT2D eigenvalue weighted by atomic mass is 9.93. The van der Waals surface area contributed by atoms with Gasteiger partial charge >= 0.3 is 5.97 Å². The Hall–Kier alpha value is -4.49. The van der Waals surface area contributed by atoms with Crippen LogP contribution in [0.5, 0.6) is 0 Å². The first-order chi connectivity index (χ1) is 18.5. The summed E-state index contributed by atoms with van der Waals surface area (Å²) in [5.41, 5.74) is 4.39. The lowest BCUT2D eigenvalue weighted by molar-refractivity contribution is 0.0697. The van der Waals surface area contributed by atoms with Crippen LogP contribution >= 0.6 is 11.6 Å². The lowest BCUT2D eigenvalue weighted by Gasteiger charge is -2.19. The number of rotatable bonds is 8. The SMILES string of the molecule is CCCC(NC(=O)c1ccc(-c2c(Cl)cccc2-c2nc3ccccc3[nH]2)c(C(=O)O)c1)c1ccncc1. The van der Waals surface area contributed by atoms with E-state index in [1.165, 1.54) is 6.07 Å². The Bertz CT molecular complexity index is 1600. The highest BCUT2D eigenvalue weighted by atomic mass is 35.5. The molecule has 5 rings (SSSR count). The lowest BCUT2D eigenvalue weighted by Crippen LogP contribution is -2.28. The van der Waals surface area contributed by atoms with Crippen LogP contribution in [0.15, 0.2) is 85.2 Å². The number of imidazole rings is 1. The zero-order valence-corrected chi connectivity index (χ0v) is 21.4. The highest BCUT2D eigenvalue weighted by molar-refractivity contribution is 6.34. The van der Waals surface area contributed by atoms with Crippen LogP contribution in [0.2, 0.25) is 5.02 Å². The molecule has 3 N–H and O–H groups in total. The summed E-state index contributed by atoms with van der Waals surface area (Å²) in [4.78, 5) is 37.6. The van der Waals surface area contributed by atoms with Crippen molar-refractivity contribution in [2.75, 3.05) is 0 Å². The highest BCUT2D eigenvalue weighted by Crippen LogP contribution is 2.39. The largest absolute Gasteiger partial charge is 0.478 e. The van der Waals surface area contributed by atoms with Gasteiger partial charge in [-0.1, -0.05) is 55.3 Å². The number of nitrogens with zero attached hydrogens (tertiary/aromatic N) is 2. The first-order valence-electron chi connectivity index (χ1n) is 12.3. The molecule has 2 heterocycles. The summed E-state index contributed by atoms with van der Waals surface area (Å²) in [5, 5.41) is 13.6. The average Bonchev–Trinajstić information content (AvgIpc) is 3.37. The number of H-pyrrole nitrogens is 1. The fourth-order valence-corrected chi connectivity index (χ4v) is 4.88. The number of carboxylic acid groups (broad SMARTS) is 1. The topological polar surface area (TPSA) is 108 Å². The molecular formula is C30H25ClN4O3. The fraction of sp³-hybridized carbons (Fsp3) is 0.133. The van der Waals surface area contributed by atoms with Gasteiger partial charge in [0.1, 0.15) is 5.82 Å². The normalized spacial score (nSPS) is 11.8. The van der Waals surface area contributed by atoms with Gasteiger partial charge in [-0.05, 0) is 60.0 Å². The van der Waals surface area contributed by atoms with Crippen LogP contribution in [0.3, 0.4) is 0 Å². The number of nitrogens with one attached hydrogen (secondary N) is 2. The van der Waals surface area contributed by atoms with E-state index in [0.717, 1.165) is 29.4 Å². The van der Waals surface area contributed by atoms with Crippen LogP contribution in [0.25, 0.3) is 33.5 Å². The highest BCUT2D eigenvalue weighted by Gasteiger charge is 2.22. The Labute approximate surface area is 224 Å². The van der Waals surface area contributed by atoms with Crippen molar-refractivity contribution in [3.8, 4) is 22.5 Å². The molecule has 0 aliphatic heterocycles. The number of para-hydroxylation sites is 2. The van der Waals surface area contributed by atoms with Crippen molar-refractivity contribution in [1.82, 2.24) is 20.3 Å². The minimum absolute atomic E-state index is 0.0286. The van der Waals surface area contributed by atoms with Crippen molar-refractivity contribution >= 4 is 34.5 Å². The maximum atomic E-state index is 13.2. The number of benzene rings is 3. The smallest absolute Gasteiger partial charge is 0.336 e. The molecule has 0 saturated heterocycles. The molecule has 0 radical (unpaired) electrons. The van der Waals surface area contributed by atoms with Gasteiger partial charge in [0.05, 0.1) is 22.6 Å². The van der Waals surface area contributed by atoms with E-state index in [4.69, 9.17) is 11.6 Å². The Morgan fingerprint density at radius 3 is 2.53 bits per heavy atom. The predicted molar refractivity (Wildman–Crippen MR) is 148 cm³/mol. The molecule has 0 bridgehead atoms. The van der Waals surface area contributed by atoms with Crippen molar-refractivity contribution in [1.29, 1.82) is 0 Å². The standard InChI is InChI=1S/C30H25ClN4O3/c1-2-6-24(18-13-15-32-16-14-18)35-29(36)19-11-12-20(22(17-19)30(37)38)27-21(7-5-8-23(27)31)28-33-25-9-3-4-10-26(25)34-28/h3-5,7-17,24H,2,6H2,1H3,(H,33,34)(H,35,36)(H,37,38). The first kappa shape index (κ1) is 25.2. The minimum atomic E-state index is -1.16. The van der Waals surface area contributed by atoms with E-state index in [-0.39, 0.29) is 23.1 Å². The summed E-state index contributed by atoms with van der Waals surface area (Å²) in [6, 6.07) is 21.1. The van der Waals surface area contributed by atoms with Gasteiger partial charge in [0.15, 0.2) is 0 Å². The van der Waals surface area contributed by atoms with Crippen LogP contribution in [-0.4, -0.2) is 31.9 Å². The van der Waals surface area contributed by atoms with Gasteiger partial charge in [0.25, 0.3) is 5.91 Å². The van der Waals surface area contributed by atoms with Crippen LogP contribution < -0.4 is 5.32 Å². The van der Waals surface area contributed by atoms with Crippen molar-refractivity contribution in [3.05, 3.63) is 107 Å². The number of hydrogen-bond donors (Lipinski definition) is 3. The number of halogens is 1. The van der Waals surface area contributed by atoms with E-state index in [0.29, 0.717) is 27.5 Å². The second-order valence-corrected chi connectivity index (χ2v) is 9.33.